The van der Waals surface area contributed by atoms with Crippen molar-refractivity contribution >= 4 is 16.8 Å². The molecular formula is C22H25N3O. The summed E-state index contributed by atoms with van der Waals surface area (Å²) in [7, 11) is 2.13. The first-order valence-corrected chi connectivity index (χ1v) is 9.21. The van der Waals surface area contributed by atoms with E-state index in [0.29, 0.717) is 6.54 Å². The number of fused-ring (bicyclic) bond motifs is 1. The Morgan fingerprint density at radius 3 is 2.58 bits per heavy atom. The van der Waals surface area contributed by atoms with Crippen LogP contribution in [0.4, 0.5) is 0 Å². The van der Waals surface area contributed by atoms with Gasteiger partial charge in [0.1, 0.15) is 6.54 Å². The molecule has 1 amide bonds. The van der Waals surface area contributed by atoms with Crippen molar-refractivity contribution in [3.05, 3.63) is 71.9 Å². The zero-order chi connectivity index (χ0) is 18.1. The molecule has 2 aromatic carbocycles. The van der Waals surface area contributed by atoms with E-state index in [1.807, 2.05) is 18.2 Å². The van der Waals surface area contributed by atoms with Crippen molar-refractivity contribution < 1.29 is 4.79 Å². The lowest BCUT2D eigenvalue weighted by Gasteiger charge is -2.40. The SMILES string of the molecule is Cc1cc2ccccc2n1CC(=O)N1CCN(C)C[C@@H]1c1ccccc1. The van der Waals surface area contributed by atoms with Gasteiger partial charge in [-0.15, -0.1) is 0 Å². The van der Waals surface area contributed by atoms with Crippen LogP contribution in [0.25, 0.3) is 10.9 Å². The van der Waals surface area contributed by atoms with Crippen LogP contribution in [-0.4, -0.2) is 47.0 Å². The van der Waals surface area contributed by atoms with E-state index in [2.05, 4.69) is 70.8 Å². The average molecular weight is 347 g/mol. The lowest BCUT2D eigenvalue weighted by Crippen LogP contribution is -2.50. The molecule has 0 N–H and O–H groups in total. The van der Waals surface area contributed by atoms with E-state index in [4.69, 9.17) is 0 Å². The molecule has 1 saturated heterocycles. The second-order valence-corrected chi connectivity index (χ2v) is 7.21. The standard InChI is InChI=1S/C22H25N3O/c1-17-14-19-10-6-7-11-20(19)25(17)16-22(26)24-13-12-23(2)15-21(24)18-8-4-3-5-9-18/h3-11,14,21H,12-13,15-16H2,1-2H3/t21-/m1/s1. The average Bonchev–Trinajstić information content (AvgIpc) is 2.98. The van der Waals surface area contributed by atoms with Crippen molar-refractivity contribution in [3.63, 3.8) is 0 Å². The number of rotatable bonds is 3. The number of amides is 1. The van der Waals surface area contributed by atoms with E-state index in [-0.39, 0.29) is 11.9 Å². The number of likely N-dealkylation sites (N-methyl/N-ethyl adjacent to an activating group) is 1. The number of para-hydroxylation sites is 1. The van der Waals surface area contributed by atoms with E-state index in [1.165, 1.54) is 10.9 Å². The summed E-state index contributed by atoms with van der Waals surface area (Å²) in [5.41, 5.74) is 3.47. The number of piperazine rings is 1. The van der Waals surface area contributed by atoms with Gasteiger partial charge in [0.2, 0.25) is 5.91 Å². The lowest BCUT2D eigenvalue weighted by molar-refractivity contribution is -0.136. The first kappa shape index (κ1) is 16.9. The summed E-state index contributed by atoms with van der Waals surface area (Å²) >= 11 is 0. The fraction of sp³-hybridized carbons (Fsp3) is 0.318. The zero-order valence-electron chi connectivity index (χ0n) is 15.4. The third-order valence-electron chi connectivity index (χ3n) is 5.40. The van der Waals surface area contributed by atoms with Crippen LogP contribution in [0.3, 0.4) is 0 Å². The van der Waals surface area contributed by atoms with Gasteiger partial charge in [0.25, 0.3) is 0 Å². The molecule has 0 bridgehead atoms. The minimum Gasteiger partial charge on any atom is -0.335 e. The molecule has 0 radical (unpaired) electrons. The van der Waals surface area contributed by atoms with Crippen LogP contribution in [-0.2, 0) is 11.3 Å². The van der Waals surface area contributed by atoms with Crippen molar-refractivity contribution in [2.75, 3.05) is 26.7 Å². The summed E-state index contributed by atoms with van der Waals surface area (Å²) in [6.45, 7) is 5.03. The van der Waals surface area contributed by atoms with Gasteiger partial charge in [0.05, 0.1) is 6.04 Å². The van der Waals surface area contributed by atoms with Gasteiger partial charge in [-0.05, 0) is 37.1 Å². The van der Waals surface area contributed by atoms with Crippen LogP contribution in [0.1, 0.15) is 17.3 Å². The smallest absolute Gasteiger partial charge is 0.243 e. The van der Waals surface area contributed by atoms with Gasteiger partial charge in [-0.3, -0.25) is 4.79 Å². The number of benzene rings is 2. The molecule has 1 aliphatic rings. The van der Waals surface area contributed by atoms with Crippen molar-refractivity contribution in [1.29, 1.82) is 0 Å². The minimum atomic E-state index is 0.115. The highest BCUT2D eigenvalue weighted by Crippen LogP contribution is 2.26. The van der Waals surface area contributed by atoms with E-state index in [9.17, 15) is 4.79 Å². The molecule has 3 aromatic rings. The molecule has 0 spiro atoms. The first-order valence-electron chi connectivity index (χ1n) is 9.21. The molecule has 2 heterocycles. The molecule has 4 nitrogen and oxygen atoms in total. The van der Waals surface area contributed by atoms with Crippen LogP contribution in [0.2, 0.25) is 0 Å². The van der Waals surface area contributed by atoms with E-state index in [0.717, 1.165) is 30.8 Å². The van der Waals surface area contributed by atoms with Gasteiger partial charge >= 0.3 is 0 Å². The van der Waals surface area contributed by atoms with Crippen molar-refractivity contribution in [2.45, 2.75) is 19.5 Å². The van der Waals surface area contributed by atoms with E-state index < -0.39 is 0 Å². The fourth-order valence-corrected chi connectivity index (χ4v) is 3.96. The second-order valence-electron chi connectivity index (χ2n) is 7.21. The molecule has 4 rings (SSSR count). The quantitative estimate of drug-likeness (QED) is 0.726. The number of hydrogen-bond donors (Lipinski definition) is 0. The predicted octanol–water partition coefficient (Wildman–Crippen LogP) is 3.47. The highest BCUT2D eigenvalue weighted by atomic mass is 16.2. The van der Waals surface area contributed by atoms with Crippen molar-refractivity contribution in [1.82, 2.24) is 14.4 Å². The van der Waals surface area contributed by atoms with E-state index >= 15 is 0 Å². The summed E-state index contributed by atoms with van der Waals surface area (Å²) in [6, 6.07) is 20.9. The maximum absolute atomic E-state index is 13.2. The van der Waals surface area contributed by atoms with Crippen LogP contribution in [0.15, 0.2) is 60.7 Å². The third-order valence-corrected chi connectivity index (χ3v) is 5.40. The van der Waals surface area contributed by atoms with Gasteiger partial charge in [-0.2, -0.15) is 0 Å². The molecule has 1 aromatic heterocycles. The number of carbonyl (C=O) groups is 1. The summed E-state index contributed by atoms with van der Waals surface area (Å²) < 4.78 is 2.14. The summed E-state index contributed by atoms with van der Waals surface area (Å²) in [5.74, 6) is 0.191. The number of aryl methyl sites for hydroxylation is 1. The molecule has 0 saturated carbocycles. The molecule has 4 heteroatoms. The Bertz CT molecular complexity index is 916. The Hall–Kier alpha value is -2.59. The van der Waals surface area contributed by atoms with Crippen LogP contribution in [0, 0.1) is 6.92 Å². The Balaban J connectivity index is 1.62. The Kier molecular flexibility index (Phi) is 4.51. The maximum Gasteiger partial charge on any atom is 0.243 e. The minimum absolute atomic E-state index is 0.115. The molecular weight excluding hydrogens is 322 g/mol. The maximum atomic E-state index is 13.2. The van der Waals surface area contributed by atoms with Gasteiger partial charge in [0.15, 0.2) is 0 Å². The summed E-state index contributed by atoms with van der Waals surface area (Å²) in [6.07, 6.45) is 0. The molecule has 0 aliphatic carbocycles. The predicted molar refractivity (Wildman–Crippen MR) is 105 cm³/mol. The van der Waals surface area contributed by atoms with Crippen LogP contribution < -0.4 is 0 Å². The molecule has 26 heavy (non-hydrogen) atoms. The molecule has 1 fully saturated rings. The monoisotopic (exact) mass is 347 g/mol. The summed E-state index contributed by atoms with van der Waals surface area (Å²) in [5, 5.41) is 1.19. The number of nitrogens with zero attached hydrogens (tertiary/aromatic N) is 3. The molecule has 1 atom stereocenters. The van der Waals surface area contributed by atoms with Gasteiger partial charge in [0, 0.05) is 30.8 Å². The topological polar surface area (TPSA) is 28.5 Å². The van der Waals surface area contributed by atoms with Crippen molar-refractivity contribution in [3.8, 4) is 0 Å². The lowest BCUT2D eigenvalue weighted by atomic mass is 10.0. The number of aromatic nitrogens is 1. The number of hydrogen-bond acceptors (Lipinski definition) is 2. The highest BCUT2D eigenvalue weighted by Gasteiger charge is 2.30. The third kappa shape index (κ3) is 3.13. The zero-order valence-corrected chi connectivity index (χ0v) is 15.4. The van der Waals surface area contributed by atoms with Gasteiger partial charge in [-0.1, -0.05) is 48.5 Å². The summed E-state index contributed by atoms with van der Waals surface area (Å²) in [4.78, 5) is 17.6. The Morgan fingerprint density at radius 2 is 1.77 bits per heavy atom. The van der Waals surface area contributed by atoms with Crippen LogP contribution >= 0.6 is 0 Å². The van der Waals surface area contributed by atoms with Crippen LogP contribution in [0.5, 0.6) is 0 Å². The Labute approximate surface area is 154 Å². The highest BCUT2D eigenvalue weighted by molar-refractivity contribution is 5.84. The largest absolute Gasteiger partial charge is 0.335 e. The van der Waals surface area contributed by atoms with Crippen molar-refractivity contribution in [2.24, 2.45) is 0 Å². The van der Waals surface area contributed by atoms with Gasteiger partial charge < -0.3 is 14.4 Å². The normalized spacial score (nSPS) is 18.4. The Morgan fingerprint density at radius 1 is 1.04 bits per heavy atom. The number of carbonyl (C=O) groups excluding carboxylic acids is 1. The first-order chi connectivity index (χ1) is 12.6. The molecule has 134 valence electrons. The van der Waals surface area contributed by atoms with E-state index in [1.54, 1.807) is 0 Å². The van der Waals surface area contributed by atoms with Gasteiger partial charge in [-0.25, -0.2) is 0 Å². The molecule has 0 unspecified atom stereocenters. The molecule has 1 aliphatic heterocycles. The fourth-order valence-electron chi connectivity index (χ4n) is 3.96. The second kappa shape index (κ2) is 6.96.